The Kier molecular flexibility index (Phi) is 8.37. The molecular formula is C23H24F3N2O6P. The molecule has 0 aliphatic rings. The molecule has 2 aromatic carbocycles. The van der Waals surface area contributed by atoms with Crippen molar-refractivity contribution >= 4 is 13.7 Å². The van der Waals surface area contributed by atoms with Gasteiger partial charge in [0, 0.05) is 11.6 Å². The molecule has 0 spiro atoms. The van der Waals surface area contributed by atoms with Crippen LogP contribution in [0.15, 0.2) is 71.3 Å². The van der Waals surface area contributed by atoms with E-state index in [4.69, 9.17) is 18.3 Å². The largest absolute Gasteiger partial charge is 0.445 e. The molecule has 1 heterocycles. The Bertz CT molecular complexity index is 1150. The molecule has 3 rings (SSSR count). The smallest absolute Gasteiger partial charge is 0.431 e. The number of benzene rings is 2. The number of nitrogens with one attached hydrogen (secondary N) is 1. The number of hydrogen-bond donors (Lipinski definition) is 1. The maximum Gasteiger partial charge on any atom is 0.431 e. The first-order valence-electron chi connectivity index (χ1n) is 10.6. The molecule has 3 aromatic rings. The number of amides is 1. The Labute approximate surface area is 199 Å². The van der Waals surface area contributed by atoms with Gasteiger partial charge in [0.15, 0.2) is 5.76 Å². The third kappa shape index (κ3) is 5.58. The Morgan fingerprint density at radius 2 is 1.57 bits per heavy atom. The number of carbonyl (C=O) groups is 1. The highest BCUT2D eigenvalue weighted by atomic mass is 31.2. The van der Waals surface area contributed by atoms with Crippen LogP contribution in [0, 0.1) is 0 Å². The highest BCUT2D eigenvalue weighted by molar-refractivity contribution is 7.55. The summed E-state index contributed by atoms with van der Waals surface area (Å²) in [6, 6.07) is 17.5. The SMILES string of the molecule is CCOP(=O)(OCC)C(NC(=O)OCc1ccccc1)(c1cc(-c2ccccc2)no1)C(F)(F)F. The standard InChI is InChI=1S/C23H24F3N2O6P/c1-3-32-35(30,33-4-2)22(23(24,25)26,27-21(29)31-16-17-11-7-5-8-12-17)20-15-19(28-34-20)18-13-9-6-10-14-18/h5-15H,3-4,16H2,1-2H3,(H,27,29). The highest BCUT2D eigenvalue weighted by Crippen LogP contribution is 2.69. The molecule has 0 bridgehead atoms. The van der Waals surface area contributed by atoms with Crippen LogP contribution < -0.4 is 5.32 Å². The van der Waals surface area contributed by atoms with Crippen molar-refractivity contribution in [3.63, 3.8) is 0 Å². The fourth-order valence-corrected chi connectivity index (χ4v) is 5.35. The van der Waals surface area contributed by atoms with Gasteiger partial charge in [-0.05, 0) is 19.4 Å². The van der Waals surface area contributed by atoms with Crippen molar-refractivity contribution in [2.45, 2.75) is 31.9 Å². The van der Waals surface area contributed by atoms with E-state index in [0.29, 0.717) is 11.1 Å². The van der Waals surface area contributed by atoms with Crippen molar-refractivity contribution < 1.29 is 40.8 Å². The molecule has 0 saturated carbocycles. The zero-order chi connectivity index (χ0) is 25.5. The molecule has 8 nitrogen and oxygen atoms in total. The van der Waals surface area contributed by atoms with Gasteiger partial charge >= 0.3 is 25.1 Å². The number of hydrogen-bond acceptors (Lipinski definition) is 7. The van der Waals surface area contributed by atoms with Gasteiger partial charge < -0.3 is 18.3 Å². The molecular weight excluding hydrogens is 488 g/mol. The minimum absolute atomic E-state index is 0.0215. The molecule has 1 unspecified atom stereocenters. The van der Waals surface area contributed by atoms with Crippen molar-refractivity contribution in [2.75, 3.05) is 13.2 Å². The lowest BCUT2D eigenvalue weighted by Gasteiger charge is -2.37. The van der Waals surface area contributed by atoms with Gasteiger partial charge in [0.25, 0.3) is 0 Å². The number of alkyl halides is 3. The average Bonchev–Trinajstić information content (AvgIpc) is 3.32. The number of carbonyl (C=O) groups excluding carboxylic acids is 1. The number of rotatable bonds is 10. The Morgan fingerprint density at radius 1 is 1.00 bits per heavy atom. The zero-order valence-corrected chi connectivity index (χ0v) is 19.8. The van der Waals surface area contributed by atoms with Crippen LogP contribution in [-0.4, -0.2) is 30.6 Å². The number of nitrogens with zero attached hydrogens (tertiary/aromatic N) is 1. The van der Waals surface area contributed by atoms with Crippen molar-refractivity contribution in [2.24, 2.45) is 0 Å². The van der Waals surface area contributed by atoms with Crippen LogP contribution in [0.4, 0.5) is 18.0 Å². The van der Waals surface area contributed by atoms with Gasteiger partial charge in [0.05, 0.1) is 13.2 Å². The average molecular weight is 512 g/mol. The van der Waals surface area contributed by atoms with Gasteiger partial charge in [-0.1, -0.05) is 65.8 Å². The summed E-state index contributed by atoms with van der Waals surface area (Å²) in [7, 11) is -5.20. The molecule has 35 heavy (non-hydrogen) atoms. The first kappa shape index (κ1) is 26.5. The second-order valence-electron chi connectivity index (χ2n) is 7.17. The maximum absolute atomic E-state index is 14.8. The molecule has 188 valence electrons. The van der Waals surface area contributed by atoms with Crippen LogP contribution in [0.3, 0.4) is 0 Å². The Morgan fingerprint density at radius 3 is 2.11 bits per heavy atom. The van der Waals surface area contributed by atoms with Gasteiger partial charge in [0.2, 0.25) is 0 Å². The lowest BCUT2D eigenvalue weighted by atomic mass is 10.1. The van der Waals surface area contributed by atoms with E-state index in [-0.39, 0.29) is 12.3 Å². The summed E-state index contributed by atoms with van der Waals surface area (Å²) < 4.78 is 78.4. The van der Waals surface area contributed by atoms with Gasteiger partial charge in [0.1, 0.15) is 12.3 Å². The number of aromatic nitrogens is 1. The third-order valence-corrected chi connectivity index (χ3v) is 7.45. The monoisotopic (exact) mass is 512 g/mol. The molecule has 0 aliphatic carbocycles. The predicted octanol–water partition coefficient (Wildman–Crippen LogP) is 6.25. The van der Waals surface area contributed by atoms with Crippen LogP contribution >= 0.6 is 7.60 Å². The summed E-state index contributed by atoms with van der Waals surface area (Å²) >= 11 is 0. The summed E-state index contributed by atoms with van der Waals surface area (Å²) in [5.41, 5.74) is 0.991. The van der Waals surface area contributed by atoms with Crippen LogP contribution in [0.1, 0.15) is 25.2 Å². The first-order valence-corrected chi connectivity index (χ1v) is 12.2. The van der Waals surface area contributed by atoms with Gasteiger partial charge in [-0.3, -0.25) is 9.88 Å². The fraction of sp³-hybridized carbons (Fsp3) is 0.304. The number of halogens is 3. The van der Waals surface area contributed by atoms with Crippen molar-refractivity contribution in [3.8, 4) is 11.3 Å². The minimum atomic E-state index is -5.41. The third-order valence-electron chi connectivity index (χ3n) is 4.85. The van der Waals surface area contributed by atoms with Crippen LogP contribution in [0.5, 0.6) is 0 Å². The van der Waals surface area contributed by atoms with E-state index < -0.39 is 44.1 Å². The lowest BCUT2D eigenvalue weighted by Crippen LogP contribution is -2.56. The van der Waals surface area contributed by atoms with Crippen molar-refractivity contribution in [3.05, 3.63) is 78.1 Å². The van der Waals surface area contributed by atoms with Crippen LogP contribution in [0.2, 0.25) is 0 Å². The van der Waals surface area contributed by atoms with Gasteiger partial charge in [-0.25, -0.2) is 4.79 Å². The first-order chi connectivity index (χ1) is 16.7. The maximum atomic E-state index is 14.8. The summed E-state index contributed by atoms with van der Waals surface area (Å²) in [5.74, 6) is -0.981. The van der Waals surface area contributed by atoms with E-state index in [9.17, 15) is 22.5 Å². The second-order valence-corrected chi connectivity index (χ2v) is 9.35. The zero-order valence-electron chi connectivity index (χ0n) is 18.9. The molecule has 12 heteroatoms. The molecule has 1 amide bonds. The van der Waals surface area contributed by atoms with E-state index >= 15 is 0 Å². The van der Waals surface area contributed by atoms with Gasteiger partial charge in [-0.2, -0.15) is 13.2 Å². The van der Waals surface area contributed by atoms with Crippen molar-refractivity contribution in [1.82, 2.24) is 10.5 Å². The Hall–Kier alpha value is -3.14. The molecule has 0 saturated heterocycles. The molecule has 1 atom stereocenters. The molecule has 0 aliphatic heterocycles. The summed E-state index contributed by atoms with van der Waals surface area (Å²) in [6.45, 7) is 1.54. The van der Waals surface area contributed by atoms with E-state index in [0.717, 1.165) is 6.07 Å². The van der Waals surface area contributed by atoms with E-state index in [1.165, 1.54) is 13.8 Å². The molecule has 0 radical (unpaired) electrons. The lowest BCUT2D eigenvalue weighted by molar-refractivity contribution is -0.183. The summed E-state index contributed by atoms with van der Waals surface area (Å²) in [4.78, 5) is 12.7. The van der Waals surface area contributed by atoms with Crippen LogP contribution in [0.25, 0.3) is 11.3 Å². The molecule has 1 aromatic heterocycles. The summed E-state index contributed by atoms with van der Waals surface area (Å²) in [6.07, 6.45) is -6.92. The quantitative estimate of drug-likeness (QED) is 0.321. The second kappa shape index (κ2) is 11.1. The van der Waals surface area contributed by atoms with Crippen molar-refractivity contribution in [1.29, 1.82) is 0 Å². The minimum Gasteiger partial charge on any atom is -0.445 e. The summed E-state index contributed by atoms with van der Waals surface area (Å²) in [5, 5.41) is 1.66. The normalized spacial score (nSPS) is 13.7. The van der Waals surface area contributed by atoms with E-state index in [1.54, 1.807) is 66.0 Å². The highest BCUT2D eigenvalue weighted by Gasteiger charge is 2.73. The number of ether oxygens (including phenoxy) is 1. The Balaban J connectivity index is 2.09. The molecule has 0 fully saturated rings. The predicted molar refractivity (Wildman–Crippen MR) is 120 cm³/mol. The topological polar surface area (TPSA) is 99.9 Å². The fourth-order valence-electron chi connectivity index (χ4n) is 3.30. The van der Waals surface area contributed by atoms with Crippen LogP contribution in [-0.2, 0) is 30.2 Å². The van der Waals surface area contributed by atoms with Gasteiger partial charge in [-0.15, -0.1) is 0 Å². The van der Waals surface area contributed by atoms with E-state index in [2.05, 4.69) is 5.16 Å². The van der Waals surface area contributed by atoms with E-state index in [1.807, 2.05) is 0 Å². The molecule has 1 N–H and O–H groups in total. The number of alkyl carbamates (subject to hydrolysis) is 1.